The highest BCUT2D eigenvalue weighted by Gasteiger charge is 2.37. The molecule has 0 aromatic heterocycles. The van der Waals surface area contributed by atoms with Gasteiger partial charge in [-0.05, 0) is 25.0 Å². The van der Waals surface area contributed by atoms with Gasteiger partial charge in [0.05, 0.1) is 5.54 Å². The van der Waals surface area contributed by atoms with Crippen molar-refractivity contribution in [2.75, 3.05) is 45.3 Å². The summed E-state index contributed by atoms with van der Waals surface area (Å²) in [6.45, 7) is 2.57. The second kappa shape index (κ2) is 6.91. The fourth-order valence-electron chi connectivity index (χ4n) is 2.54. The Bertz CT molecular complexity index is 458. The summed E-state index contributed by atoms with van der Waals surface area (Å²) >= 11 is 0. The molecule has 1 aliphatic heterocycles. The van der Waals surface area contributed by atoms with Crippen LogP contribution in [0.2, 0.25) is 0 Å². The number of nitrogens with two attached hydrogens (primary N) is 1. The van der Waals surface area contributed by atoms with Crippen molar-refractivity contribution in [3.8, 4) is 0 Å². The highest BCUT2D eigenvalue weighted by Crippen LogP contribution is 2.20. The third kappa shape index (κ3) is 3.95. The van der Waals surface area contributed by atoms with E-state index in [4.69, 9.17) is 10.5 Å². The van der Waals surface area contributed by atoms with Crippen molar-refractivity contribution in [1.29, 1.82) is 0 Å². The van der Waals surface area contributed by atoms with E-state index in [0.717, 1.165) is 12.2 Å². The van der Waals surface area contributed by atoms with Crippen LogP contribution in [0.4, 0.5) is 5.69 Å². The number of carbonyl (C=O) groups excluding carboxylic acids is 1. The zero-order valence-corrected chi connectivity index (χ0v) is 12.9. The van der Waals surface area contributed by atoms with E-state index in [1.165, 1.54) is 0 Å². The molecule has 5 nitrogen and oxygen atoms in total. The van der Waals surface area contributed by atoms with Gasteiger partial charge < -0.3 is 20.3 Å². The minimum atomic E-state index is -0.752. The second-order valence-corrected chi connectivity index (χ2v) is 5.75. The molecule has 1 aromatic rings. The number of ether oxygens (including phenoxy) is 1. The fourth-order valence-corrected chi connectivity index (χ4v) is 2.54. The minimum absolute atomic E-state index is 0.0206. The van der Waals surface area contributed by atoms with Crippen LogP contribution in [0.1, 0.15) is 12.8 Å². The first-order chi connectivity index (χ1) is 10.0. The molecule has 0 radical (unpaired) electrons. The van der Waals surface area contributed by atoms with Gasteiger partial charge in [0.25, 0.3) is 0 Å². The molecule has 1 amide bonds. The Labute approximate surface area is 126 Å². The van der Waals surface area contributed by atoms with Crippen molar-refractivity contribution in [2.24, 2.45) is 5.73 Å². The van der Waals surface area contributed by atoms with Gasteiger partial charge in [-0.15, -0.1) is 0 Å². The zero-order valence-electron chi connectivity index (χ0n) is 12.9. The molecule has 0 unspecified atom stereocenters. The van der Waals surface area contributed by atoms with Crippen LogP contribution in [-0.2, 0) is 9.53 Å². The summed E-state index contributed by atoms with van der Waals surface area (Å²) in [7, 11) is 3.85. The maximum atomic E-state index is 12.5. The summed E-state index contributed by atoms with van der Waals surface area (Å²) in [5, 5.41) is 0. The SMILES string of the molecule is CN(CCN(C)c1ccccc1)C(=O)C1(N)CCOCC1. The molecule has 2 rings (SSSR count). The normalized spacial score (nSPS) is 17.3. The van der Waals surface area contributed by atoms with Crippen LogP contribution >= 0.6 is 0 Å². The van der Waals surface area contributed by atoms with Crippen LogP contribution in [0.5, 0.6) is 0 Å². The summed E-state index contributed by atoms with van der Waals surface area (Å²) < 4.78 is 5.29. The molecule has 5 heteroatoms. The van der Waals surface area contributed by atoms with Gasteiger partial charge in [-0.3, -0.25) is 4.79 Å². The first kappa shape index (κ1) is 15.8. The summed E-state index contributed by atoms with van der Waals surface area (Å²) in [5.74, 6) is 0.0206. The minimum Gasteiger partial charge on any atom is -0.381 e. The predicted molar refractivity (Wildman–Crippen MR) is 84.3 cm³/mol. The first-order valence-electron chi connectivity index (χ1n) is 7.41. The van der Waals surface area contributed by atoms with Gasteiger partial charge in [-0.2, -0.15) is 0 Å². The van der Waals surface area contributed by atoms with E-state index in [1.54, 1.807) is 4.90 Å². The fraction of sp³-hybridized carbons (Fsp3) is 0.562. The Morgan fingerprint density at radius 1 is 1.19 bits per heavy atom. The summed E-state index contributed by atoms with van der Waals surface area (Å²) in [6.07, 6.45) is 1.20. The zero-order chi connectivity index (χ0) is 15.3. The van der Waals surface area contributed by atoms with Crippen LogP contribution < -0.4 is 10.6 Å². The van der Waals surface area contributed by atoms with Crippen LogP contribution in [0, 0.1) is 0 Å². The molecule has 116 valence electrons. The number of carbonyl (C=O) groups is 1. The Morgan fingerprint density at radius 3 is 2.43 bits per heavy atom. The maximum Gasteiger partial charge on any atom is 0.242 e. The average molecular weight is 291 g/mol. The number of nitrogens with zero attached hydrogens (tertiary/aromatic N) is 2. The van der Waals surface area contributed by atoms with Crippen LogP contribution in [0.25, 0.3) is 0 Å². The first-order valence-corrected chi connectivity index (χ1v) is 7.41. The number of benzene rings is 1. The number of hydrogen-bond donors (Lipinski definition) is 1. The molecule has 1 fully saturated rings. The quantitative estimate of drug-likeness (QED) is 0.882. The lowest BCUT2D eigenvalue weighted by molar-refractivity contribution is -0.139. The van der Waals surface area contributed by atoms with E-state index in [-0.39, 0.29) is 5.91 Å². The van der Waals surface area contributed by atoms with Crippen LogP contribution in [-0.4, -0.2) is 56.7 Å². The van der Waals surface area contributed by atoms with Gasteiger partial charge in [0.1, 0.15) is 0 Å². The standard InChI is InChI=1S/C16H25N3O2/c1-18(14-6-4-3-5-7-14)10-11-19(2)15(20)16(17)8-12-21-13-9-16/h3-7H,8-13,17H2,1-2H3. The van der Waals surface area contributed by atoms with Gasteiger partial charge in [0.2, 0.25) is 5.91 Å². The molecule has 21 heavy (non-hydrogen) atoms. The van der Waals surface area contributed by atoms with Crippen molar-refractivity contribution >= 4 is 11.6 Å². The number of rotatable bonds is 5. The molecule has 0 bridgehead atoms. The van der Waals surface area contributed by atoms with Crippen molar-refractivity contribution in [1.82, 2.24) is 4.90 Å². The van der Waals surface area contributed by atoms with Gasteiger partial charge in [-0.1, -0.05) is 18.2 Å². The van der Waals surface area contributed by atoms with Crippen LogP contribution in [0.15, 0.2) is 30.3 Å². The number of para-hydroxylation sites is 1. The summed E-state index contributed by atoms with van der Waals surface area (Å²) in [6, 6.07) is 10.1. The van der Waals surface area contributed by atoms with Crippen molar-refractivity contribution in [2.45, 2.75) is 18.4 Å². The number of anilines is 1. The van der Waals surface area contributed by atoms with Gasteiger partial charge in [-0.25, -0.2) is 0 Å². The molecule has 0 aliphatic carbocycles. The molecule has 1 aliphatic rings. The Morgan fingerprint density at radius 2 is 1.81 bits per heavy atom. The summed E-state index contributed by atoms with van der Waals surface area (Å²) in [5.41, 5.74) is 6.63. The largest absolute Gasteiger partial charge is 0.381 e. The second-order valence-electron chi connectivity index (χ2n) is 5.75. The molecule has 2 N–H and O–H groups in total. The summed E-state index contributed by atoms with van der Waals surface area (Å²) in [4.78, 5) is 16.4. The third-order valence-electron chi connectivity index (χ3n) is 4.13. The molecule has 1 saturated heterocycles. The molecule has 0 spiro atoms. The number of hydrogen-bond acceptors (Lipinski definition) is 4. The Balaban J connectivity index is 1.86. The molecule has 1 aromatic carbocycles. The van der Waals surface area contributed by atoms with E-state index in [9.17, 15) is 4.79 Å². The lowest BCUT2D eigenvalue weighted by atomic mass is 9.90. The van der Waals surface area contributed by atoms with E-state index < -0.39 is 5.54 Å². The maximum absolute atomic E-state index is 12.5. The molecule has 1 heterocycles. The topological polar surface area (TPSA) is 58.8 Å². The molecule has 0 atom stereocenters. The molecule has 0 saturated carbocycles. The van der Waals surface area contributed by atoms with Gasteiger partial charge in [0, 0.05) is 46.1 Å². The Kier molecular flexibility index (Phi) is 5.20. The van der Waals surface area contributed by atoms with E-state index in [0.29, 0.717) is 32.6 Å². The smallest absolute Gasteiger partial charge is 0.242 e. The Hall–Kier alpha value is -1.59. The number of likely N-dealkylation sites (N-methyl/N-ethyl adjacent to an activating group) is 2. The van der Waals surface area contributed by atoms with E-state index in [1.807, 2.05) is 32.3 Å². The predicted octanol–water partition coefficient (Wildman–Crippen LogP) is 1.09. The van der Waals surface area contributed by atoms with E-state index in [2.05, 4.69) is 17.0 Å². The average Bonchev–Trinajstić information content (AvgIpc) is 2.53. The van der Waals surface area contributed by atoms with Crippen molar-refractivity contribution < 1.29 is 9.53 Å². The monoisotopic (exact) mass is 291 g/mol. The lowest BCUT2D eigenvalue weighted by Gasteiger charge is -2.35. The van der Waals surface area contributed by atoms with Gasteiger partial charge in [0.15, 0.2) is 0 Å². The highest BCUT2D eigenvalue weighted by atomic mass is 16.5. The van der Waals surface area contributed by atoms with Crippen molar-refractivity contribution in [3.63, 3.8) is 0 Å². The highest BCUT2D eigenvalue weighted by molar-refractivity contribution is 5.86. The van der Waals surface area contributed by atoms with Crippen LogP contribution in [0.3, 0.4) is 0 Å². The van der Waals surface area contributed by atoms with E-state index >= 15 is 0 Å². The molecular formula is C16H25N3O2. The van der Waals surface area contributed by atoms with Crippen molar-refractivity contribution in [3.05, 3.63) is 30.3 Å². The van der Waals surface area contributed by atoms with Gasteiger partial charge >= 0.3 is 0 Å². The molecular weight excluding hydrogens is 266 g/mol. The number of amides is 1. The lowest BCUT2D eigenvalue weighted by Crippen LogP contribution is -2.57. The third-order valence-corrected chi connectivity index (χ3v) is 4.13.